The smallest absolute Gasteiger partial charge is 0.221 e. The Morgan fingerprint density at radius 1 is 1.19 bits per heavy atom. The number of benzene rings is 1. The zero-order valence-electron chi connectivity index (χ0n) is 12.4. The second kappa shape index (κ2) is 7.07. The number of amides is 1. The molecule has 4 nitrogen and oxygen atoms in total. The van der Waals surface area contributed by atoms with E-state index in [1.807, 2.05) is 0 Å². The summed E-state index contributed by atoms with van der Waals surface area (Å²) < 4.78 is 24.2. The number of hydrogen-bond acceptors (Lipinski definition) is 3. The third-order valence-electron chi connectivity index (χ3n) is 4.16. The molecule has 0 unspecified atom stereocenters. The maximum absolute atomic E-state index is 12.1. The first-order valence-electron chi connectivity index (χ1n) is 7.56. The zero-order valence-corrected chi connectivity index (χ0v) is 13.2. The second-order valence-corrected chi connectivity index (χ2v) is 7.93. The van der Waals surface area contributed by atoms with Crippen molar-refractivity contribution in [3.05, 3.63) is 30.3 Å². The summed E-state index contributed by atoms with van der Waals surface area (Å²) in [6.07, 6.45) is 4.51. The van der Waals surface area contributed by atoms with Crippen LogP contribution in [0.25, 0.3) is 0 Å². The van der Waals surface area contributed by atoms with Crippen LogP contribution in [0.4, 0.5) is 0 Å². The predicted octanol–water partition coefficient (Wildman–Crippen LogP) is 2.55. The molecular formula is C16H23NO3S. The minimum atomic E-state index is -3.37. The van der Waals surface area contributed by atoms with Gasteiger partial charge in [-0.25, -0.2) is 8.42 Å². The third-order valence-corrected chi connectivity index (χ3v) is 5.89. The fourth-order valence-electron chi connectivity index (χ4n) is 2.78. The Bertz CT molecular complexity index is 568. The summed E-state index contributed by atoms with van der Waals surface area (Å²) in [7, 11) is -3.37. The molecule has 116 valence electrons. The summed E-state index contributed by atoms with van der Waals surface area (Å²) in [6.45, 7) is 2.14. The van der Waals surface area contributed by atoms with Crippen LogP contribution in [0.15, 0.2) is 35.2 Å². The Balaban J connectivity index is 1.86. The average molecular weight is 309 g/mol. The second-order valence-electron chi connectivity index (χ2n) is 5.82. The van der Waals surface area contributed by atoms with Gasteiger partial charge in [-0.2, -0.15) is 0 Å². The normalized spacial score (nSPS) is 22.7. The van der Waals surface area contributed by atoms with Crippen molar-refractivity contribution >= 4 is 15.7 Å². The lowest BCUT2D eigenvalue weighted by Crippen LogP contribution is -2.41. The van der Waals surface area contributed by atoms with Gasteiger partial charge in [-0.1, -0.05) is 38.0 Å². The summed E-state index contributed by atoms with van der Waals surface area (Å²) >= 11 is 0. The van der Waals surface area contributed by atoms with Gasteiger partial charge in [-0.3, -0.25) is 4.79 Å². The molecule has 0 bridgehead atoms. The highest BCUT2D eigenvalue weighted by Gasteiger charge is 2.23. The van der Waals surface area contributed by atoms with Crippen LogP contribution in [-0.4, -0.2) is 26.1 Å². The number of rotatable bonds is 5. The molecule has 0 heterocycles. The molecular weight excluding hydrogens is 286 g/mol. The molecule has 0 radical (unpaired) electrons. The van der Waals surface area contributed by atoms with E-state index in [-0.39, 0.29) is 29.0 Å². The van der Waals surface area contributed by atoms with Crippen LogP contribution < -0.4 is 5.32 Å². The average Bonchev–Trinajstić information content (AvgIpc) is 2.49. The number of carbonyl (C=O) groups is 1. The standard InChI is InChI=1S/C16H23NO3S/c1-13-7-5-6-10-15(13)17-16(18)11-12-21(19,20)14-8-3-2-4-9-14/h2-4,8-9,13,15H,5-7,10-12H2,1H3,(H,17,18)/t13-,15+/m0/s1. The third kappa shape index (κ3) is 4.56. The van der Waals surface area contributed by atoms with Crippen LogP contribution in [0.2, 0.25) is 0 Å². The molecule has 0 saturated heterocycles. The van der Waals surface area contributed by atoms with Crippen molar-refractivity contribution in [2.75, 3.05) is 5.75 Å². The molecule has 1 aromatic rings. The molecule has 1 aliphatic carbocycles. The van der Waals surface area contributed by atoms with Crippen molar-refractivity contribution in [1.82, 2.24) is 5.32 Å². The van der Waals surface area contributed by atoms with E-state index in [2.05, 4.69) is 12.2 Å². The number of hydrogen-bond donors (Lipinski definition) is 1. The monoisotopic (exact) mass is 309 g/mol. The molecule has 1 aliphatic rings. The lowest BCUT2D eigenvalue weighted by Gasteiger charge is -2.29. The van der Waals surface area contributed by atoms with Gasteiger partial charge >= 0.3 is 0 Å². The fraction of sp³-hybridized carbons (Fsp3) is 0.562. The van der Waals surface area contributed by atoms with Gasteiger partial charge in [0.15, 0.2) is 9.84 Å². The summed E-state index contributed by atoms with van der Waals surface area (Å²) in [5.74, 6) is 0.186. The van der Waals surface area contributed by atoms with Crippen molar-refractivity contribution < 1.29 is 13.2 Å². The van der Waals surface area contributed by atoms with E-state index in [1.165, 1.54) is 6.42 Å². The summed E-state index contributed by atoms with van der Waals surface area (Å²) in [5, 5.41) is 2.99. The van der Waals surface area contributed by atoms with Crippen molar-refractivity contribution in [3.8, 4) is 0 Å². The molecule has 0 aliphatic heterocycles. The van der Waals surface area contributed by atoms with E-state index in [9.17, 15) is 13.2 Å². The summed E-state index contributed by atoms with van der Waals surface area (Å²) in [6, 6.07) is 8.49. The lowest BCUT2D eigenvalue weighted by atomic mass is 9.86. The highest BCUT2D eigenvalue weighted by atomic mass is 32.2. The SMILES string of the molecule is C[C@H]1CCCC[C@H]1NC(=O)CCS(=O)(=O)c1ccccc1. The molecule has 1 aromatic carbocycles. The molecule has 2 atom stereocenters. The molecule has 1 amide bonds. The molecule has 1 saturated carbocycles. The molecule has 1 N–H and O–H groups in total. The first-order chi connectivity index (χ1) is 9.99. The van der Waals surface area contributed by atoms with Crippen molar-refractivity contribution in [2.45, 2.75) is 50.0 Å². The minimum Gasteiger partial charge on any atom is -0.353 e. The molecule has 0 aromatic heterocycles. The van der Waals surface area contributed by atoms with E-state index >= 15 is 0 Å². The van der Waals surface area contributed by atoms with Crippen molar-refractivity contribution in [1.29, 1.82) is 0 Å². The Hall–Kier alpha value is -1.36. The summed E-state index contributed by atoms with van der Waals surface area (Å²) in [5.41, 5.74) is 0. The van der Waals surface area contributed by atoms with Gasteiger partial charge in [0.1, 0.15) is 0 Å². The van der Waals surface area contributed by atoms with E-state index in [1.54, 1.807) is 30.3 Å². The van der Waals surface area contributed by atoms with E-state index in [0.29, 0.717) is 5.92 Å². The minimum absolute atomic E-state index is 0.0282. The summed E-state index contributed by atoms with van der Waals surface area (Å²) in [4.78, 5) is 12.2. The quantitative estimate of drug-likeness (QED) is 0.909. The predicted molar refractivity (Wildman–Crippen MR) is 82.7 cm³/mol. The largest absolute Gasteiger partial charge is 0.353 e. The zero-order chi connectivity index (χ0) is 15.3. The van der Waals surface area contributed by atoms with Crippen LogP contribution in [0.1, 0.15) is 39.0 Å². The van der Waals surface area contributed by atoms with Gasteiger partial charge in [0.05, 0.1) is 10.6 Å². The highest BCUT2D eigenvalue weighted by molar-refractivity contribution is 7.91. The molecule has 2 rings (SSSR count). The maximum atomic E-state index is 12.1. The van der Waals surface area contributed by atoms with E-state index in [0.717, 1.165) is 19.3 Å². The molecule has 0 spiro atoms. The first kappa shape index (κ1) is 16.0. The first-order valence-corrected chi connectivity index (χ1v) is 9.21. The van der Waals surface area contributed by atoms with Gasteiger partial charge in [-0.05, 0) is 30.9 Å². The van der Waals surface area contributed by atoms with Crippen LogP contribution in [-0.2, 0) is 14.6 Å². The van der Waals surface area contributed by atoms with Gasteiger partial charge in [0.25, 0.3) is 0 Å². The number of sulfone groups is 1. The van der Waals surface area contributed by atoms with Gasteiger partial charge < -0.3 is 5.32 Å². The van der Waals surface area contributed by atoms with E-state index < -0.39 is 9.84 Å². The Morgan fingerprint density at radius 2 is 1.86 bits per heavy atom. The molecule has 5 heteroatoms. The maximum Gasteiger partial charge on any atom is 0.221 e. The molecule has 21 heavy (non-hydrogen) atoms. The lowest BCUT2D eigenvalue weighted by molar-refractivity contribution is -0.122. The van der Waals surface area contributed by atoms with Gasteiger partial charge in [0.2, 0.25) is 5.91 Å². The van der Waals surface area contributed by atoms with Crippen molar-refractivity contribution in [3.63, 3.8) is 0 Å². The van der Waals surface area contributed by atoms with Crippen molar-refractivity contribution in [2.24, 2.45) is 5.92 Å². The fourth-order valence-corrected chi connectivity index (χ4v) is 4.04. The van der Waals surface area contributed by atoms with E-state index in [4.69, 9.17) is 0 Å². The van der Waals surface area contributed by atoms with Gasteiger partial charge in [0, 0.05) is 12.5 Å². The number of nitrogens with one attached hydrogen (secondary N) is 1. The Labute approximate surface area is 126 Å². The van der Waals surface area contributed by atoms with Crippen LogP contribution in [0.5, 0.6) is 0 Å². The highest BCUT2D eigenvalue weighted by Crippen LogP contribution is 2.23. The Morgan fingerprint density at radius 3 is 2.52 bits per heavy atom. The van der Waals surface area contributed by atoms with Crippen LogP contribution in [0, 0.1) is 5.92 Å². The number of carbonyl (C=O) groups excluding carboxylic acids is 1. The van der Waals surface area contributed by atoms with Gasteiger partial charge in [-0.15, -0.1) is 0 Å². The Kier molecular flexibility index (Phi) is 5.39. The topological polar surface area (TPSA) is 63.2 Å². The molecule has 1 fully saturated rings. The van der Waals surface area contributed by atoms with Crippen LogP contribution >= 0.6 is 0 Å². The van der Waals surface area contributed by atoms with Crippen LogP contribution in [0.3, 0.4) is 0 Å².